The largest absolute Gasteiger partial charge is 0.497 e. The van der Waals surface area contributed by atoms with Gasteiger partial charge in [0.05, 0.1) is 36.8 Å². The van der Waals surface area contributed by atoms with E-state index in [4.69, 9.17) is 9.47 Å². The summed E-state index contributed by atoms with van der Waals surface area (Å²) >= 11 is 0. The Morgan fingerprint density at radius 2 is 1.87 bits per heavy atom. The third kappa shape index (κ3) is 7.33. The van der Waals surface area contributed by atoms with Gasteiger partial charge in [-0.3, -0.25) is 9.52 Å². The molecule has 0 saturated heterocycles. The SMILES string of the molecule is COc1ccc(S(=O)(=O)Nc2ccc3c(c2)C(=O)N([C@H](C)CO)C[C@@H](C)[C@@H](CN(C)C(=O)NC(C)C)O3)cc1. The standard InChI is InChI=1S/C27H38N4O7S/c1-17(2)28-27(34)30(5)15-25-18(3)14-31(19(4)16-32)26(33)23-13-20(7-12-24(23)38-25)29-39(35,36)22-10-8-21(37-6)9-11-22/h7-13,17-19,25,29,32H,14-16H2,1-6H3,(H,28,34)/t18-,19-,25-/m1/s1. The van der Waals surface area contributed by atoms with Gasteiger partial charge in [-0.25, -0.2) is 13.2 Å². The molecule has 1 aliphatic rings. The first kappa shape index (κ1) is 30.0. The van der Waals surface area contributed by atoms with Gasteiger partial charge in [0.2, 0.25) is 0 Å². The van der Waals surface area contributed by atoms with Crippen molar-refractivity contribution < 1.29 is 32.6 Å². The number of hydrogen-bond acceptors (Lipinski definition) is 7. The molecule has 0 bridgehead atoms. The lowest BCUT2D eigenvalue weighted by molar-refractivity contribution is 0.0366. The highest BCUT2D eigenvalue weighted by atomic mass is 32.2. The maximum Gasteiger partial charge on any atom is 0.317 e. The van der Waals surface area contributed by atoms with Crippen molar-refractivity contribution in [3.05, 3.63) is 48.0 Å². The lowest BCUT2D eigenvalue weighted by atomic mass is 9.99. The number of fused-ring (bicyclic) bond motifs is 1. The Balaban J connectivity index is 1.95. The molecule has 0 spiro atoms. The van der Waals surface area contributed by atoms with Gasteiger partial charge in [-0.05, 0) is 63.2 Å². The minimum Gasteiger partial charge on any atom is -0.497 e. The zero-order valence-corrected chi connectivity index (χ0v) is 24.0. The molecule has 0 unspecified atom stereocenters. The van der Waals surface area contributed by atoms with Crippen molar-refractivity contribution in [2.75, 3.05) is 38.6 Å². The van der Waals surface area contributed by atoms with Crippen LogP contribution in [0.15, 0.2) is 47.4 Å². The zero-order chi connectivity index (χ0) is 28.9. The number of methoxy groups -OCH3 is 1. The van der Waals surface area contributed by atoms with Crippen molar-refractivity contribution >= 4 is 27.6 Å². The Bertz CT molecular complexity index is 1270. The van der Waals surface area contributed by atoms with E-state index in [2.05, 4.69) is 10.0 Å². The summed E-state index contributed by atoms with van der Waals surface area (Å²) in [6.45, 7) is 7.67. The van der Waals surface area contributed by atoms with Crippen LogP contribution in [0.3, 0.4) is 0 Å². The molecular formula is C27H38N4O7S. The number of nitrogens with zero attached hydrogens (tertiary/aromatic N) is 2. The predicted molar refractivity (Wildman–Crippen MR) is 148 cm³/mol. The Hall–Kier alpha value is -3.51. The molecule has 0 aromatic heterocycles. The normalized spacial score (nSPS) is 18.4. The number of rotatable bonds is 9. The smallest absolute Gasteiger partial charge is 0.317 e. The molecule has 2 aromatic rings. The molecule has 2 aromatic carbocycles. The highest BCUT2D eigenvalue weighted by Crippen LogP contribution is 2.31. The van der Waals surface area contributed by atoms with Crippen LogP contribution in [-0.2, 0) is 10.0 Å². The summed E-state index contributed by atoms with van der Waals surface area (Å²) in [5.41, 5.74) is 0.327. The van der Waals surface area contributed by atoms with Crippen LogP contribution in [0.2, 0.25) is 0 Å². The Morgan fingerprint density at radius 1 is 1.21 bits per heavy atom. The van der Waals surface area contributed by atoms with E-state index >= 15 is 0 Å². The van der Waals surface area contributed by atoms with Crippen molar-refractivity contribution in [3.8, 4) is 11.5 Å². The van der Waals surface area contributed by atoms with Gasteiger partial charge < -0.3 is 29.7 Å². The molecule has 0 fully saturated rings. The van der Waals surface area contributed by atoms with Gasteiger partial charge in [-0.1, -0.05) is 6.92 Å². The number of amides is 3. The molecule has 1 heterocycles. The van der Waals surface area contributed by atoms with Crippen LogP contribution < -0.4 is 19.5 Å². The number of nitrogens with one attached hydrogen (secondary N) is 2. The number of carbonyl (C=O) groups is 2. The van der Waals surface area contributed by atoms with Gasteiger partial charge in [-0.2, -0.15) is 0 Å². The van der Waals surface area contributed by atoms with E-state index in [9.17, 15) is 23.1 Å². The summed E-state index contributed by atoms with van der Waals surface area (Å²) in [5, 5.41) is 12.7. The first-order valence-electron chi connectivity index (χ1n) is 12.8. The quantitative estimate of drug-likeness (QED) is 0.427. The van der Waals surface area contributed by atoms with Crippen LogP contribution in [0.4, 0.5) is 10.5 Å². The number of carbonyl (C=O) groups excluding carboxylic acids is 2. The molecule has 39 heavy (non-hydrogen) atoms. The highest BCUT2D eigenvalue weighted by Gasteiger charge is 2.34. The summed E-state index contributed by atoms with van der Waals surface area (Å²) in [4.78, 5) is 29.3. The van der Waals surface area contributed by atoms with Gasteiger partial charge in [0.1, 0.15) is 17.6 Å². The fourth-order valence-corrected chi connectivity index (χ4v) is 5.23. The van der Waals surface area contributed by atoms with Crippen LogP contribution in [0.5, 0.6) is 11.5 Å². The van der Waals surface area contributed by atoms with E-state index in [1.807, 2.05) is 20.8 Å². The molecule has 0 saturated carbocycles. The maximum atomic E-state index is 13.6. The number of aliphatic hydroxyl groups is 1. The Morgan fingerprint density at radius 3 is 2.46 bits per heavy atom. The fraction of sp³-hybridized carbons (Fsp3) is 0.481. The monoisotopic (exact) mass is 562 g/mol. The van der Waals surface area contributed by atoms with Crippen molar-refractivity contribution in [1.29, 1.82) is 0 Å². The van der Waals surface area contributed by atoms with Gasteiger partial charge in [0.25, 0.3) is 15.9 Å². The average molecular weight is 563 g/mol. The minimum atomic E-state index is -3.95. The third-order valence-electron chi connectivity index (χ3n) is 6.50. The first-order chi connectivity index (χ1) is 18.4. The maximum absolute atomic E-state index is 13.6. The fourth-order valence-electron chi connectivity index (χ4n) is 4.18. The predicted octanol–water partition coefficient (Wildman–Crippen LogP) is 2.77. The van der Waals surface area contributed by atoms with Crippen LogP contribution >= 0.6 is 0 Å². The molecule has 3 amide bonds. The second-order valence-corrected chi connectivity index (χ2v) is 11.8. The molecule has 0 radical (unpaired) electrons. The third-order valence-corrected chi connectivity index (χ3v) is 7.90. The number of anilines is 1. The number of benzene rings is 2. The van der Waals surface area contributed by atoms with Crippen LogP contribution in [0.1, 0.15) is 38.1 Å². The topological polar surface area (TPSA) is 138 Å². The van der Waals surface area contributed by atoms with Crippen molar-refractivity contribution in [2.45, 2.75) is 50.8 Å². The van der Waals surface area contributed by atoms with Gasteiger partial charge in [0.15, 0.2) is 0 Å². The second-order valence-electron chi connectivity index (χ2n) is 10.1. The Kier molecular flexibility index (Phi) is 9.68. The summed E-state index contributed by atoms with van der Waals surface area (Å²) in [6, 6.07) is 9.65. The highest BCUT2D eigenvalue weighted by molar-refractivity contribution is 7.92. The number of ether oxygens (including phenoxy) is 2. The Labute approximate surface area is 230 Å². The molecule has 3 atom stereocenters. The van der Waals surface area contributed by atoms with E-state index in [1.54, 1.807) is 37.1 Å². The van der Waals surface area contributed by atoms with Crippen molar-refractivity contribution in [2.24, 2.45) is 5.92 Å². The van der Waals surface area contributed by atoms with E-state index in [1.165, 1.54) is 36.3 Å². The van der Waals surface area contributed by atoms with Gasteiger partial charge in [0, 0.05) is 31.2 Å². The average Bonchev–Trinajstić information content (AvgIpc) is 2.89. The van der Waals surface area contributed by atoms with E-state index in [0.717, 1.165) is 0 Å². The van der Waals surface area contributed by atoms with Gasteiger partial charge in [-0.15, -0.1) is 0 Å². The lowest BCUT2D eigenvalue weighted by Crippen LogP contribution is -2.51. The molecule has 12 heteroatoms. The molecule has 3 N–H and O–H groups in total. The molecule has 11 nitrogen and oxygen atoms in total. The number of aliphatic hydroxyl groups excluding tert-OH is 1. The second kappa shape index (κ2) is 12.6. The molecule has 1 aliphatic heterocycles. The number of sulfonamides is 1. The van der Waals surface area contributed by atoms with Crippen molar-refractivity contribution in [3.63, 3.8) is 0 Å². The first-order valence-corrected chi connectivity index (χ1v) is 14.3. The van der Waals surface area contributed by atoms with E-state index in [0.29, 0.717) is 5.75 Å². The number of hydrogen-bond donors (Lipinski definition) is 3. The summed E-state index contributed by atoms with van der Waals surface area (Å²) < 4.78 is 39.9. The lowest BCUT2D eigenvalue weighted by Gasteiger charge is -2.38. The summed E-state index contributed by atoms with van der Waals surface area (Å²) in [5.74, 6) is 0.204. The van der Waals surface area contributed by atoms with E-state index in [-0.39, 0.29) is 59.6 Å². The van der Waals surface area contributed by atoms with Crippen molar-refractivity contribution in [1.82, 2.24) is 15.1 Å². The molecule has 0 aliphatic carbocycles. The van der Waals surface area contributed by atoms with Crippen LogP contribution in [0, 0.1) is 5.92 Å². The molecule has 3 rings (SSSR count). The van der Waals surface area contributed by atoms with E-state index < -0.39 is 28.1 Å². The number of urea groups is 1. The molecule has 214 valence electrons. The van der Waals surface area contributed by atoms with Crippen LogP contribution in [-0.4, -0.2) is 87.3 Å². The zero-order valence-electron chi connectivity index (χ0n) is 23.2. The number of likely N-dealkylation sites (N-methyl/N-ethyl adjacent to an activating group) is 1. The summed E-state index contributed by atoms with van der Waals surface area (Å²) in [6.07, 6.45) is -0.477. The molecular weight excluding hydrogens is 524 g/mol. The van der Waals surface area contributed by atoms with Gasteiger partial charge >= 0.3 is 6.03 Å². The minimum absolute atomic E-state index is 0.0322. The van der Waals surface area contributed by atoms with Crippen LogP contribution in [0.25, 0.3) is 0 Å². The summed E-state index contributed by atoms with van der Waals surface area (Å²) in [7, 11) is -0.791.